The number of hydrogen-bond acceptors (Lipinski definition) is 8. The van der Waals surface area contributed by atoms with E-state index >= 15 is 0 Å². The molecule has 0 bridgehead atoms. The van der Waals surface area contributed by atoms with Crippen LogP contribution < -0.4 is 4.90 Å². The Labute approximate surface area is 157 Å². The Morgan fingerprint density at radius 2 is 2.15 bits per heavy atom. The lowest BCUT2D eigenvalue weighted by molar-refractivity contribution is 0.181. The molecule has 4 rings (SSSR count). The highest BCUT2D eigenvalue weighted by atomic mass is 16.5. The van der Waals surface area contributed by atoms with Gasteiger partial charge in [-0.15, -0.1) is 0 Å². The standard InChI is InChI=1S/C18H25N7O2/c1-12(2)17-22-16(23-27-17)14-7-5-4-6-8-24(14)15-9-13(10-26-3)21-18-19-11-20-25(15)18/h9,11-12,14H,4-8,10H2,1-3H3/t14-/m1/s1. The minimum Gasteiger partial charge on any atom is -0.378 e. The fourth-order valence-electron chi connectivity index (χ4n) is 3.54. The first-order valence-corrected chi connectivity index (χ1v) is 9.46. The SMILES string of the molecule is COCc1cc(N2CCCCC[C@@H]2c2noc(C(C)C)n2)n2ncnc2n1. The van der Waals surface area contributed by atoms with Crippen LogP contribution in [-0.2, 0) is 11.3 Å². The van der Waals surface area contributed by atoms with E-state index in [1.54, 1.807) is 11.6 Å². The van der Waals surface area contributed by atoms with Crippen LogP contribution >= 0.6 is 0 Å². The number of rotatable bonds is 5. The van der Waals surface area contributed by atoms with Crippen LogP contribution in [0.2, 0.25) is 0 Å². The maximum absolute atomic E-state index is 5.48. The highest BCUT2D eigenvalue weighted by Crippen LogP contribution is 2.33. The Morgan fingerprint density at radius 3 is 2.93 bits per heavy atom. The van der Waals surface area contributed by atoms with Gasteiger partial charge in [-0.25, -0.2) is 4.98 Å². The van der Waals surface area contributed by atoms with Crippen LogP contribution in [-0.4, -0.2) is 43.4 Å². The van der Waals surface area contributed by atoms with Crippen molar-refractivity contribution in [1.82, 2.24) is 29.7 Å². The lowest BCUT2D eigenvalue weighted by atomic mass is 10.1. The summed E-state index contributed by atoms with van der Waals surface area (Å²) in [4.78, 5) is 15.8. The van der Waals surface area contributed by atoms with Crippen molar-refractivity contribution in [3.63, 3.8) is 0 Å². The molecule has 0 radical (unpaired) electrons. The van der Waals surface area contributed by atoms with Crippen LogP contribution in [0.3, 0.4) is 0 Å². The van der Waals surface area contributed by atoms with Gasteiger partial charge in [-0.1, -0.05) is 31.8 Å². The second kappa shape index (κ2) is 7.59. The first-order chi connectivity index (χ1) is 13.2. The van der Waals surface area contributed by atoms with Crippen molar-refractivity contribution in [3.8, 4) is 0 Å². The zero-order valence-electron chi connectivity index (χ0n) is 16.0. The van der Waals surface area contributed by atoms with E-state index in [2.05, 4.69) is 44.0 Å². The molecule has 0 aromatic carbocycles. The van der Waals surface area contributed by atoms with Gasteiger partial charge in [0, 0.05) is 25.6 Å². The van der Waals surface area contributed by atoms with Gasteiger partial charge in [0.1, 0.15) is 12.1 Å². The third-order valence-corrected chi connectivity index (χ3v) is 4.87. The first-order valence-electron chi connectivity index (χ1n) is 9.46. The monoisotopic (exact) mass is 371 g/mol. The van der Waals surface area contributed by atoms with E-state index in [1.165, 1.54) is 12.7 Å². The third-order valence-electron chi connectivity index (χ3n) is 4.87. The van der Waals surface area contributed by atoms with E-state index in [4.69, 9.17) is 9.26 Å². The van der Waals surface area contributed by atoms with Crippen molar-refractivity contribution in [2.75, 3.05) is 18.6 Å². The van der Waals surface area contributed by atoms with E-state index < -0.39 is 0 Å². The molecule has 144 valence electrons. The molecule has 9 nitrogen and oxygen atoms in total. The second-order valence-electron chi connectivity index (χ2n) is 7.21. The van der Waals surface area contributed by atoms with E-state index in [-0.39, 0.29) is 12.0 Å². The summed E-state index contributed by atoms with van der Waals surface area (Å²) < 4.78 is 12.5. The van der Waals surface area contributed by atoms with Crippen molar-refractivity contribution in [2.24, 2.45) is 0 Å². The number of methoxy groups -OCH3 is 1. The highest BCUT2D eigenvalue weighted by molar-refractivity contribution is 5.48. The molecule has 1 saturated heterocycles. The molecule has 3 aromatic rings. The number of aromatic nitrogens is 6. The largest absolute Gasteiger partial charge is 0.378 e. The molecule has 1 atom stereocenters. The minimum atomic E-state index is 0.0361. The third kappa shape index (κ3) is 3.51. The van der Waals surface area contributed by atoms with Crippen LogP contribution in [0.5, 0.6) is 0 Å². The summed E-state index contributed by atoms with van der Waals surface area (Å²) in [6.45, 7) is 5.43. The lowest BCUT2D eigenvalue weighted by Gasteiger charge is -2.30. The average molecular weight is 371 g/mol. The van der Waals surface area contributed by atoms with E-state index in [9.17, 15) is 0 Å². The highest BCUT2D eigenvalue weighted by Gasteiger charge is 2.30. The minimum absolute atomic E-state index is 0.0361. The Morgan fingerprint density at radius 1 is 1.26 bits per heavy atom. The number of nitrogens with zero attached hydrogens (tertiary/aromatic N) is 7. The van der Waals surface area contributed by atoms with Crippen LogP contribution in [0, 0.1) is 0 Å². The molecule has 0 N–H and O–H groups in total. The topological polar surface area (TPSA) is 94.5 Å². The van der Waals surface area contributed by atoms with Gasteiger partial charge < -0.3 is 14.2 Å². The normalized spacial score (nSPS) is 18.4. The Hall–Kier alpha value is -2.55. The fraction of sp³-hybridized carbons (Fsp3) is 0.611. The number of anilines is 1. The molecule has 0 unspecified atom stereocenters. The van der Waals surface area contributed by atoms with Gasteiger partial charge in [0.25, 0.3) is 5.78 Å². The number of ether oxygens (including phenoxy) is 1. The zero-order valence-corrected chi connectivity index (χ0v) is 16.0. The van der Waals surface area contributed by atoms with Gasteiger partial charge in [0.15, 0.2) is 5.82 Å². The first kappa shape index (κ1) is 17.8. The van der Waals surface area contributed by atoms with Gasteiger partial charge in [0.2, 0.25) is 5.89 Å². The maximum atomic E-state index is 5.48. The molecule has 1 aliphatic rings. The summed E-state index contributed by atoms with van der Waals surface area (Å²) in [7, 11) is 1.66. The molecule has 0 spiro atoms. The molecule has 3 aromatic heterocycles. The smallest absolute Gasteiger partial charge is 0.254 e. The second-order valence-corrected chi connectivity index (χ2v) is 7.21. The van der Waals surface area contributed by atoms with Gasteiger partial charge in [-0.05, 0) is 12.8 Å². The fourth-order valence-corrected chi connectivity index (χ4v) is 3.54. The summed E-state index contributed by atoms with van der Waals surface area (Å²) in [6, 6.07) is 2.06. The summed E-state index contributed by atoms with van der Waals surface area (Å²) in [5.41, 5.74) is 0.826. The van der Waals surface area contributed by atoms with E-state index in [0.29, 0.717) is 18.3 Å². The summed E-state index contributed by atoms with van der Waals surface area (Å²) in [6.07, 6.45) is 5.90. The van der Waals surface area contributed by atoms with Crippen LogP contribution in [0.25, 0.3) is 5.78 Å². The van der Waals surface area contributed by atoms with Crippen molar-refractivity contribution in [3.05, 3.63) is 29.8 Å². The molecule has 0 amide bonds. The Bertz CT molecular complexity index is 904. The maximum Gasteiger partial charge on any atom is 0.254 e. The van der Waals surface area contributed by atoms with Crippen LogP contribution in [0.1, 0.15) is 68.9 Å². The van der Waals surface area contributed by atoms with Crippen LogP contribution in [0.15, 0.2) is 16.9 Å². The van der Waals surface area contributed by atoms with Crippen molar-refractivity contribution >= 4 is 11.6 Å². The van der Waals surface area contributed by atoms with Crippen molar-refractivity contribution < 1.29 is 9.26 Å². The molecule has 1 aliphatic heterocycles. The molecule has 0 aliphatic carbocycles. The van der Waals surface area contributed by atoms with Crippen LogP contribution in [0.4, 0.5) is 5.82 Å². The number of hydrogen-bond donors (Lipinski definition) is 0. The van der Waals surface area contributed by atoms with Gasteiger partial charge in [-0.3, -0.25) is 0 Å². The average Bonchev–Trinajstić information content (AvgIpc) is 3.26. The van der Waals surface area contributed by atoms with E-state index in [1.807, 2.05) is 6.07 Å². The Kier molecular flexibility index (Phi) is 5.02. The molecule has 9 heteroatoms. The molecular weight excluding hydrogens is 346 g/mol. The lowest BCUT2D eigenvalue weighted by Crippen LogP contribution is -2.31. The molecule has 27 heavy (non-hydrogen) atoms. The predicted molar refractivity (Wildman–Crippen MR) is 98.4 cm³/mol. The van der Waals surface area contributed by atoms with Crippen molar-refractivity contribution in [2.45, 2.75) is 58.1 Å². The van der Waals surface area contributed by atoms with Crippen molar-refractivity contribution in [1.29, 1.82) is 0 Å². The van der Waals surface area contributed by atoms with Gasteiger partial charge in [-0.2, -0.15) is 19.6 Å². The number of fused-ring (bicyclic) bond motifs is 1. The van der Waals surface area contributed by atoms with Gasteiger partial charge >= 0.3 is 0 Å². The summed E-state index contributed by atoms with van der Waals surface area (Å²) in [5.74, 6) is 3.13. The summed E-state index contributed by atoms with van der Waals surface area (Å²) >= 11 is 0. The molecular formula is C18H25N7O2. The Balaban J connectivity index is 1.78. The van der Waals surface area contributed by atoms with Gasteiger partial charge in [0.05, 0.1) is 18.3 Å². The molecule has 4 heterocycles. The van der Waals surface area contributed by atoms with E-state index in [0.717, 1.165) is 43.1 Å². The quantitative estimate of drug-likeness (QED) is 0.676. The summed E-state index contributed by atoms with van der Waals surface area (Å²) in [5, 5.41) is 8.68. The molecule has 0 saturated carbocycles. The zero-order chi connectivity index (χ0) is 18.8. The molecule has 1 fully saturated rings. The predicted octanol–water partition coefficient (Wildman–Crippen LogP) is 2.90.